The summed E-state index contributed by atoms with van der Waals surface area (Å²) in [5.74, 6) is -1.10. The van der Waals surface area contributed by atoms with Crippen molar-refractivity contribution in [2.24, 2.45) is 5.73 Å². The summed E-state index contributed by atoms with van der Waals surface area (Å²) < 4.78 is 4.67. The highest BCUT2D eigenvalue weighted by molar-refractivity contribution is 5.85. The molecule has 3 N–H and O–H groups in total. The second kappa shape index (κ2) is 9.26. The molecule has 0 rings (SSSR count). The standard InChI is InChI=1S/C11H21N3O4/c1-3-5-6-14(8-9(12)15)11(17)13-7-10(16)18-4-2/h3-8H2,1-2H3,(H2,12,15)(H,13,17). The van der Waals surface area contributed by atoms with E-state index >= 15 is 0 Å². The fraction of sp³-hybridized carbons (Fsp3) is 0.727. The zero-order valence-corrected chi connectivity index (χ0v) is 10.9. The molecule has 0 aromatic carbocycles. The van der Waals surface area contributed by atoms with Crippen LogP contribution in [0.15, 0.2) is 0 Å². The van der Waals surface area contributed by atoms with Crippen molar-refractivity contribution in [3.05, 3.63) is 0 Å². The van der Waals surface area contributed by atoms with E-state index in [0.717, 1.165) is 12.8 Å². The van der Waals surface area contributed by atoms with Crippen molar-refractivity contribution in [3.63, 3.8) is 0 Å². The number of hydrogen-bond acceptors (Lipinski definition) is 4. The van der Waals surface area contributed by atoms with Gasteiger partial charge in [-0.1, -0.05) is 13.3 Å². The van der Waals surface area contributed by atoms with Crippen molar-refractivity contribution in [3.8, 4) is 0 Å². The zero-order chi connectivity index (χ0) is 14.0. The van der Waals surface area contributed by atoms with E-state index in [1.807, 2.05) is 6.92 Å². The Kier molecular flexibility index (Phi) is 8.34. The highest BCUT2D eigenvalue weighted by atomic mass is 16.5. The van der Waals surface area contributed by atoms with Gasteiger partial charge in [0, 0.05) is 6.54 Å². The van der Waals surface area contributed by atoms with Gasteiger partial charge in [-0.15, -0.1) is 0 Å². The summed E-state index contributed by atoms with van der Waals surface area (Å²) >= 11 is 0. The Bertz CT molecular complexity index is 294. The molecule has 0 spiro atoms. The van der Waals surface area contributed by atoms with Gasteiger partial charge in [-0.2, -0.15) is 0 Å². The first kappa shape index (κ1) is 16.2. The summed E-state index contributed by atoms with van der Waals surface area (Å²) in [6.45, 7) is 3.96. The van der Waals surface area contributed by atoms with E-state index in [2.05, 4.69) is 10.1 Å². The maximum absolute atomic E-state index is 11.7. The maximum Gasteiger partial charge on any atom is 0.325 e. The number of carbonyl (C=O) groups excluding carboxylic acids is 3. The lowest BCUT2D eigenvalue weighted by Gasteiger charge is -2.21. The Balaban J connectivity index is 4.19. The van der Waals surface area contributed by atoms with Crippen molar-refractivity contribution < 1.29 is 19.1 Å². The number of carbonyl (C=O) groups is 3. The summed E-state index contributed by atoms with van der Waals surface area (Å²) in [7, 11) is 0. The number of nitrogens with zero attached hydrogens (tertiary/aromatic N) is 1. The molecule has 7 nitrogen and oxygen atoms in total. The third-order valence-electron chi connectivity index (χ3n) is 2.10. The van der Waals surface area contributed by atoms with Crippen LogP contribution >= 0.6 is 0 Å². The number of nitrogens with one attached hydrogen (secondary N) is 1. The molecule has 0 aliphatic carbocycles. The molecule has 7 heteroatoms. The van der Waals surface area contributed by atoms with Gasteiger partial charge in [-0.25, -0.2) is 4.79 Å². The molecule has 0 bridgehead atoms. The Morgan fingerprint density at radius 1 is 1.28 bits per heavy atom. The molecule has 0 unspecified atom stereocenters. The highest BCUT2D eigenvalue weighted by Gasteiger charge is 2.16. The molecule has 0 saturated heterocycles. The van der Waals surface area contributed by atoms with Crippen molar-refractivity contribution >= 4 is 17.9 Å². The molecule has 0 aromatic rings. The molecule has 104 valence electrons. The fourth-order valence-electron chi connectivity index (χ4n) is 1.26. The zero-order valence-electron chi connectivity index (χ0n) is 10.9. The number of rotatable bonds is 8. The Morgan fingerprint density at radius 2 is 1.94 bits per heavy atom. The van der Waals surface area contributed by atoms with Gasteiger partial charge in [-0.3, -0.25) is 9.59 Å². The van der Waals surface area contributed by atoms with Gasteiger partial charge < -0.3 is 20.7 Å². The first-order valence-electron chi connectivity index (χ1n) is 5.97. The smallest absolute Gasteiger partial charge is 0.325 e. The van der Waals surface area contributed by atoms with Gasteiger partial charge in [0.25, 0.3) is 0 Å². The minimum Gasteiger partial charge on any atom is -0.465 e. The number of unbranched alkanes of at least 4 members (excludes halogenated alkanes) is 1. The second-order valence-electron chi connectivity index (χ2n) is 3.71. The fourth-order valence-corrected chi connectivity index (χ4v) is 1.26. The minimum atomic E-state index is -0.586. The first-order chi connectivity index (χ1) is 8.51. The normalized spacial score (nSPS) is 9.67. The summed E-state index contributed by atoms with van der Waals surface area (Å²) in [6.07, 6.45) is 1.65. The van der Waals surface area contributed by atoms with Gasteiger partial charge in [0.15, 0.2) is 0 Å². The van der Waals surface area contributed by atoms with E-state index in [4.69, 9.17) is 5.73 Å². The van der Waals surface area contributed by atoms with Gasteiger partial charge in [0.1, 0.15) is 13.1 Å². The Labute approximate surface area is 107 Å². The molecule has 0 radical (unpaired) electrons. The average molecular weight is 259 g/mol. The van der Waals surface area contributed by atoms with Gasteiger partial charge >= 0.3 is 12.0 Å². The van der Waals surface area contributed by atoms with Gasteiger partial charge in [0.05, 0.1) is 6.61 Å². The number of nitrogens with two attached hydrogens (primary N) is 1. The summed E-state index contributed by atoms with van der Waals surface area (Å²) in [4.78, 5) is 34.9. The molecule has 0 aliphatic rings. The largest absolute Gasteiger partial charge is 0.465 e. The minimum absolute atomic E-state index is 0.158. The molecule has 0 heterocycles. The Morgan fingerprint density at radius 3 is 2.44 bits per heavy atom. The van der Waals surface area contributed by atoms with Crippen LogP contribution < -0.4 is 11.1 Å². The molecule has 18 heavy (non-hydrogen) atoms. The summed E-state index contributed by atoms with van der Waals surface area (Å²) in [5.41, 5.74) is 5.05. The predicted molar refractivity (Wildman–Crippen MR) is 65.7 cm³/mol. The van der Waals surface area contributed by atoms with Gasteiger partial charge in [0.2, 0.25) is 5.91 Å². The predicted octanol–water partition coefficient (Wildman–Crippen LogP) is -0.153. The van der Waals surface area contributed by atoms with E-state index in [-0.39, 0.29) is 19.7 Å². The van der Waals surface area contributed by atoms with Crippen LogP contribution in [0.1, 0.15) is 26.7 Å². The van der Waals surface area contributed by atoms with Crippen LogP contribution in [0.2, 0.25) is 0 Å². The highest BCUT2D eigenvalue weighted by Crippen LogP contribution is 1.95. The van der Waals surface area contributed by atoms with Crippen LogP contribution in [0.4, 0.5) is 4.79 Å². The quantitative estimate of drug-likeness (QED) is 0.591. The van der Waals surface area contributed by atoms with E-state index in [1.54, 1.807) is 6.92 Å². The van der Waals surface area contributed by atoms with Crippen molar-refractivity contribution in [1.82, 2.24) is 10.2 Å². The van der Waals surface area contributed by atoms with E-state index in [9.17, 15) is 14.4 Å². The van der Waals surface area contributed by atoms with Crippen molar-refractivity contribution in [2.75, 3.05) is 26.2 Å². The number of ether oxygens (including phenoxy) is 1. The van der Waals surface area contributed by atoms with Crippen LogP contribution in [-0.4, -0.2) is 49.0 Å². The van der Waals surface area contributed by atoms with Crippen LogP contribution in [0.5, 0.6) is 0 Å². The van der Waals surface area contributed by atoms with Crippen molar-refractivity contribution in [2.45, 2.75) is 26.7 Å². The topological polar surface area (TPSA) is 102 Å². The number of amides is 3. The van der Waals surface area contributed by atoms with Crippen molar-refractivity contribution in [1.29, 1.82) is 0 Å². The number of esters is 1. The van der Waals surface area contributed by atoms with Crippen LogP contribution in [0.25, 0.3) is 0 Å². The summed E-state index contributed by atoms with van der Waals surface area (Å²) in [5, 5.41) is 2.39. The lowest BCUT2D eigenvalue weighted by molar-refractivity contribution is -0.141. The number of primary amides is 1. The van der Waals surface area contributed by atoms with Crippen LogP contribution in [0, 0.1) is 0 Å². The molecule has 0 fully saturated rings. The van der Waals surface area contributed by atoms with Gasteiger partial charge in [-0.05, 0) is 13.3 Å². The molecule has 0 aliphatic heterocycles. The third-order valence-corrected chi connectivity index (χ3v) is 2.10. The SMILES string of the molecule is CCCCN(CC(N)=O)C(=O)NCC(=O)OCC. The van der Waals surface area contributed by atoms with Crippen LogP contribution in [-0.2, 0) is 14.3 Å². The number of hydrogen-bond donors (Lipinski definition) is 2. The lowest BCUT2D eigenvalue weighted by Crippen LogP contribution is -2.46. The molecule has 0 atom stereocenters. The van der Waals surface area contributed by atoms with E-state index in [0.29, 0.717) is 6.54 Å². The summed E-state index contributed by atoms with van der Waals surface area (Å²) in [6, 6.07) is -0.490. The van der Waals surface area contributed by atoms with E-state index in [1.165, 1.54) is 4.90 Å². The molecule has 0 saturated carbocycles. The molecule has 3 amide bonds. The second-order valence-corrected chi connectivity index (χ2v) is 3.71. The Hall–Kier alpha value is -1.79. The molecular weight excluding hydrogens is 238 g/mol. The average Bonchev–Trinajstić information content (AvgIpc) is 2.31. The van der Waals surface area contributed by atoms with Crippen LogP contribution in [0.3, 0.4) is 0 Å². The number of urea groups is 1. The third kappa shape index (κ3) is 7.48. The first-order valence-corrected chi connectivity index (χ1v) is 5.97. The molecule has 0 aromatic heterocycles. The monoisotopic (exact) mass is 259 g/mol. The lowest BCUT2D eigenvalue weighted by atomic mass is 10.3. The molecular formula is C11H21N3O4. The van der Waals surface area contributed by atoms with E-state index < -0.39 is 17.9 Å². The maximum atomic E-state index is 11.7.